The van der Waals surface area contributed by atoms with Crippen LogP contribution < -0.4 is 4.72 Å². The number of benzene rings is 1. The molecule has 4 nitrogen and oxygen atoms in total. The highest BCUT2D eigenvalue weighted by molar-refractivity contribution is 7.84. The van der Waals surface area contributed by atoms with Crippen LogP contribution in [0.2, 0.25) is 0 Å². The number of hydrogen-bond donors (Lipinski definition) is 1. The van der Waals surface area contributed by atoms with Gasteiger partial charge in [0.2, 0.25) is 0 Å². The number of hydrogen-bond acceptors (Lipinski definition) is 3. The molecule has 0 amide bonds. The molecule has 112 valence electrons. The summed E-state index contributed by atoms with van der Waals surface area (Å²) in [6.45, 7) is 5.45. The monoisotopic (exact) mass is 301 g/mol. The van der Waals surface area contributed by atoms with Crippen LogP contribution in [0.4, 0.5) is 4.39 Å². The van der Waals surface area contributed by atoms with E-state index in [-0.39, 0.29) is 6.42 Å². The highest BCUT2D eigenvalue weighted by Gasteiger charge is 2.25. The summed E-state index contributed by atoms with van der Waals surface area (Å²) >= 11 is 0. The van der Waals surface area contributed by atoms with Gasteiger partial charge in [-0.2, -0.15) is 0 Å². The van der Waals surface area contributed by atoms with Crippen LogP contribution >= 0.6 is 0 Å². The van der Waals surface area contributed by atoms with E-state index in [2.05, 4.69) is 9.46 Å². The van der Waals surface area contributed by atoms with Crippen molar-refractivity contribution in [3.8, 4) is 0 Å². The first kappa shape index (κ1) is 16.8. The molecule has 0 radical (unpaired) electrons. The van der Waals surface area contributed by atoms with Crippen LogP contribution in [0.15, 0.2) is 24.3 Å². The van der Waals surface area contributed by atoms with E-state index >= 15 is 0 Å². The Hall–Kier alpha value is -1.27. The fourth-order valence-corrected chi connectivity index (χ4v) is 2.34. The molecule has 0 aliphatic rings. The first-order valence-electron chi connectivity index (χ1n) is 6.24. The van der Waals surface area contributed by atoms with Gasteiger partial charge >= 0.3 is 5.97 Å². The smallest absolute Gasteiger partial charge is 0.307 e. The molecule has 1 N–H and O–H groups in total. The zero-order chi connectivity index (χ0) is 15.3. The zero-order valence-electron chi connectivity index (χ0n) is 12.1. The molecular formula is C14H20FNO3S. The van der Waals surface area contributed by atoms with Gasteiger partial charge in [0.15, 0.2) is 0 Å². The fraction of sp³-hybridized carbons (Fsp3) is 0.500. The SMILES string of the molecule is COC(=O)C[C@H](NS(=O)C(C)(C)C)c1cccc(F)c1. The largest absolute Gasteiger partial charge is 0.469 e. The third-order valence-electron chi connectivity index (χ3n) is 2.65. The summed E-state index contributed by atoms with van der Waals surface area (Å²) in [4.78, 5) is 11.5. The van der Waals surface area contributed by atoms with Crippen molar-refractivity contribution in [3.05, 3.63) is 35.6 Å². The molecule has 1 unspecified atom stereocenters. The van der Waals surface area contributed by atoms with Gasteiger partial charge in [-0.15, -0.1) is 0 Å². The van der Waals surface area contributed by atoms with E-state index in [1.54, 1.807) is 12.1 Å². The average molecular weight is 301 g/mol. The van der Waals surface area contributed by atoms with E-state index in [0.717, 1.165) is 0 Å². The van der Waals surface area contributed by atoms with E-state index in [4.69, 9.17) is 0 Å². The lowest BCUT2D eigenvalue weighted by Gasteiger charge is -2.24. The van der Waals surface area contributed by atoms with Crippen LogP contribution in [0, 0.1) is 5.82 Å². The Morgan fingerprint density at radius 3 is 2.60 bits per heavy atom. The van der Waals surface area contributed by atoms with E-state index < -0.39 is 33.6 Å². The van der Waals surface area contributed by atoms with Gasteiger partial charge in [0.05, 0.1) is 35.3 Å². The van der Waals surface area contributed by atoms with Crippen LogP contribution in [0.5, 0.6) is 0 Å². The number of ether oxygens (including phenoxy) is 1. The summed E-state index contributed by atoms with van der Waals surface area (Å²) in [6.07, 6.45) is -0.0121. The van der Waals surface area contributed by atoms with Crippen molar-refractivity contribution in [2.45, 2.75) is 38.0 Å². The molecule has 2 atom stereocenters. The standard InChI is InChI=1S/C14H20FNO3S/c1-14(2,3)20(18)16-12(9-13(17)19-4)10-6-5-7-11(15)8-10/h5-8,12,16H,9H2,1-4H3/t12-,20?/m0/s1. The summed E-state index contributed by atoms with van der Waals surface area (Å²) in [5.41, 5.74) is 0.563. The molecule has 0 aliphatic heterocycles. The second-order valence-corrected chi connectivity index (χ2v) is 7.38. The van der Waals surface area contributed by atoms with Crippen molar-refractivity contribution in [1.82, 2.24) is 4.72 Å². The molecule has 0 aromatic heterocycles. The average Bonchev–Trinajstić information content (AvgIpc) is 2.36. The maximum absolute atomic E-state index is 13.3. The molecule has 0 heterocycles. The van der Waals surface area contributed by atoms with Crippen molar-refractivity contribution >= 4 is 17.0 Å². The van der Waals surface area contributed by atoms with Crippen molar-refractivity contribution in [2.75, 3.05) is 7.11 Å². The Kier molecular flexibility index (Phi) is 5.83. The zero-order valence-corrected chi connectivity index (χ0v) is 12.9. The first-order chi connectivity index (χ1) is 9.24. The maximum Gasteiger partial charge on any atom is 0.307 e. The molecule has 0 aliphatic carbocycles. The van der Waals surface area contributed by atoms with Crippen molar-refractivity contribution in [3.63, 3.8) is 0 Å². The molecule has 0 saturated heterocycles. The third kappa shape index (κ3) is 5.02. The summed E-state index contributed by atoms with van der Waals surface area (Å²) in [6, 6.07) is 5.32. The lowest BCUT2D eigenvalue weighted by atomic mass is 10.0. The van der Waals surface area contributed by atoms with Gasteiger partial charge in [0, 0.05) is 0 Å². The van der Waals surface area contributed by atoms with Crippen LogP contribution in [-0.4, -0.2) is 22.0 Å². The second-order valence-electron chi connectivity index (χ2n) is 5.39. The van der Waals surface area contributed by atoms with Crippen molar-refractivity contribution in [1.29, 1.82) is 0 Å². The number of methoxy groups -OCH3 is 1. The van der Waals surface area contributed by atoms with Gasteiger partial charge < -0.3 is 4.74 Å². The summed E-state index contributed by atoms with van der Waals surface area (Å²) in [5.74, 6) is -0.849. The second kappa shape index (κ2) is 6.95. The molecule has 20 heavy (non-hydrogen) atoms. The predicted octanol–water partition coefficient (Wildman–Crippen LogP) is 2.48. The Balaban J connectivity index is 2.97. The lowest BCUT2D eigenvalue weighted by Crippen LogP contribution is -2.36. The quantitative estimate of drug-likeness (QED) is 0.850. The van der Waals surface area contributed by atoms with E-state index in [1.807, 2.05) is 20.8 Å². The van der Waals surface area contributed by atoms with Gasteiger partial charge in [0.1, 0.15) is 5.82 Å². The van der Waals surface area contributed by atoms with Gasteiger partial charge in [0.25, 0.3) is 0 Å². The third-order valence-corrected chi connectivity index (χ3v) is 4.27. The molecule has 0 spiro atoms. The topological polar surface area (TPSA) is 55.4 Å². The number of nitrogens with one attached hydrogen (secondary N) is 1. The van der Waals surface area contributed by atoms with Crippen molar-refractivity contribution < 1.29 is 18.1 Å². The van der Waals surface area contributed by atoms with Gasteiger partial charge in [-0.25, -0.2) is 13.3 Å². The highest BCUT2D eigenvalue weighted by atomic mass is 32.2. The fourth-order valence-electron chi connectivity index (χ4n) is 1.51. The summed E-state index contributed by atoms with van der Waals surface area (Å²) in [5, 5.41) is 0. The van der Waals surface area contributed by atoms with E-state index in [9.17, 15) is 13.4 Å². The molecule has 0 fully saturated rings. The summed E-state index contributed by atoms with van der Waals surface area (Å²) < 4.78 is 32.5. The Morgan fingerprint density at radius 1 is 1.45 bits per heavy atom. The van der Waals surface area contributed by atoms with E-state index in [0.29, 0.717) is 5.56 Å². The number of carbonyl (C=O) groups excluding carboxylic acids is 1. The number of halogens is 1. The molecule has 0 bridgehead atoms. The van der Waals surface area contributed by atoms with Gasteiger partial charge in [-0.3, -0.25) is 4.79 Å². The Bertz CT molecular complexity index is 499. The van der Waals surface area contributed by atoms with Crippen molar-refractivity contribution in [2.24, 2.45) is 0 Å². The molecule has 1 rings (SSSR count). The van der Waals surface area contributed by atoms with Crippen LogP contribution in [0.1, 0.15) is 38.8 Å². The molecular weight excluding hydrogens is 281 g/mol. The van der Waals surface area contributed by atoms with Crippen LogP contribution in [0.3, 0.4) is 0 Å². The molecule has 1 aromatic carbocycles. The molecule has 1 aromatic rings. The molecule has 0 saturated carbocycles. The van der Waals surface area contributed by atoms with Gasteiger partial charge in [-0.1, -0.05) is 12.1 Å². The van der Waals surface area contributed by atoms with Crippen LogP contribution in [0.25, 0.3) is 0 Å². The summed E-state index contributed by atoms with van der Waals surface area (Å²) in [7, 11) is -0.0897. The molecule has 6 heteroatoms. The number of rotatable bonds is 5. The number of esters is 1. The van der Waals surface area contributed by atoms with Crippen LogP contribution in [-0.2, 0) is 20.5 Å². The predicted molar refractivity (Wildman–Crippen MR) is 76.8 cm³/mol. The highest BCUT2D eigenvalue weighted by Crippen LogP contribution is 2.21. The minimum atomic E-state index is -1.37. The maximum atomic E-state index is 13.3. The number of carbonyl (C=O) groups is 1. The van der Waals surface area contributed by atoms with Gasteiger partial charge in [-0.05, 0) is 38.5 Å². The lowest BCUT2D eigenvalue weighted by molar-refractivity contribution is -0.141. The first-order valence-corrected chi connectivity index (χ1v) is 7.39. The van der Waals surface area contributed by atoms with E-state index in [1.165, 1.54) is 19.2 Å². The normalized spacial score (nSPS) is 14.7. The minimum Gasteiger partial charge on any atom is -0.469 e. The Morgan fingerprint density at radius 2 is 2.10 bits per heavy atom. The minimum absolute atomic E-state index is 0.0121. The Labute approximate surface area is 121 Å².